The second kappa shape index (κ2) is 8.77. The number of thioether (sulfide) groups is 1. The highest BCUT2D eigenvalue weighted by Crippen LogP contribution is 2.36. The minimum Gasteiger partial charge on any atom is -0.457 e. The van der Waals surface area contributed by atoms with Crippen LogP contribution < -0.4 is 10.5 Å². The van der Waals surface area contributed by atoms with E-state index in [4.69, 9.17) is 15.2 Å². The molecule has 1 saturated heterocycles. The van der Waals surface area contributed by atoms with Gasteiger partial charge in [-0.25, -0.2) is 8.42 Å². The summed E-state index contributed by atoms with van der Waals surface area (Å²) in [5.74, 6) is 0.334. The molecule has 0 aromatic heterocycles. The molecule has 1 amide bonds. The van der Waals surface area contributed by atoms with Gasteiger partial charge in [-0.2, -0.15) is 0 Å². The van der Waals surface area contributed by atoms with Gasteiger partial charge in [0, 0.05) is 26.2 Å². The fraction of sp³-hybridized carbons (Fsp3) is 0.381. The number of amides is 1. The lowest BCUT2D eigenvalue weighted by Crippen LogP contribution is -2.53. The van der Waals surface area contributed by atoms with Gasteiger partial charge in [0.2, 0.25) is 5.91 Å². The van der Waals surface area contributed by atoms with Crippen molar-refractivity contribution in [3.05, 3.63) is 48.5 Å². The number of rotatable bonds is 7. The molecule has 1 aliphatic rings. The Bertz CT molecular complexity index is 958. The fourth-order valence-electron chi connectivity index (χ4n) is 3.26. The van der Waals surface area contributed by atoms with Gasteiger partial charge in [-0.1, -0.05) is 13.8 Å². The molecule has 0 spiro atoms. The monoisotopic (exact) mass is 439 g/mol. The summed E-state index contributed by atoms with van der Waals surface area (Å²) in [6, 6.07) is 13.8. The lowest BCUT2D eigenvalue weighted by molar-refractivity contribution is -0.122. The molecule has 1 fully saturated rings. The number of carbonyl (C=O) groups excluding carboxylic acids is 1. The first kappa shape index (κ1) is 21.7. The molecule has 0 atom stereocenters. The molecule has 3 rings (SSSR count). The zero-order valence-corrected chi connectivity index (χ0v) is 18.1. The van der Waals surface area contributed by atoms with Crippen molar-refractivity contribution in [3.8, 4) is 11.5 Å². The van der Waals surface area contributed by atoms with Gasteiger partial charge in [0.1, 0.15) is 11.5 Å². The fourth-order valence-corrected chi connectivity index (χ4v) is 6.01. The van der Waals surface area contributed by atoms with Gasteiger partial charge in [0.15, 0.2) is 14.6 Å². The summed E-state index contributed by atoms with van der Waals surface area (Å²) in [5.41, 5.74) is 5.50. The van der Waals surface area contributed by atoms with Gasteiger partial charge < -0.3 is 15.2 Å². The summed E-state index contributed by atoms with van der Waals surface area (Å²) >= 11 is 1.76. The predicted octanol–water partition coefficient (Wildman–Crippen LogP) is 4.28. The number of hydrogen-bond donors (Lipinski definition) is 1. The number of nitrogens with two attached hydrogens (primary N) is 1. The Labute approximate surface area is 178 Å². The van der Waals surface area contributed by atoms with Gasteiger partial charge in [0.05, 0.1) is 4.90 Å². The maximum absolute atomic E-state index is 13.1. The van der Waals surface area contributed by atoms with Crippen molar-refractivity contribution in [3.63, 3.8) is 0 Å². The normalized spacial score (nSPS) is 16.5. The molecular weight excluding hydrogens is 410 g/mol. The highest BCUT2D eigenvalue weighted by Gasteiger charge is 2.51. The van der Waals surface area contributed by atoms with Crippen LogP contribution in [0.1, 0.15) is 29.5 Å². The third-order valence-electron chi connectivity index (χ3n) is 4.83. The van der Waals surface area contributed by atoms with E-state index in [-0.39, 0.29) is 33.8 Å². The SMILES string of the molecule is CC(C)Sc1ccc(Oc2ccc(S(=O)(=O)C3(C(N)=O)CCOCC3)cc2)cc1.[HH].[HH]. The molecule has 6 nitrogen and oxygen atoms in total. The van der Waals surface area contributed by atoms with E-state index in [1.807, 2.05) is 24.3 Å². The first-order chi connectivity index (χ1) is 13.7. The summed E-state index contributed by atoms with van der Waals surface area (Å²) < 4.78 is 35.7. The molecule has 8 heteroatoms. The Morgan fingerprint density at radius 2 is 1.59 bits per heavy atom. The molecule has 0 unspecified atom stereocenters. The number of sulfone groups is 1. The van der Waals surface area contributed by atoms with Crippen molar-refractivity contribution in [1.29, 1.82) is 0 Å². The van der Waals surface area contributed by atoms with Crippen molar-refractivity contribution < 1.29 is 25.5 Å². The zero-order chi connectivity index (χ0) is 21.1. The van der Waals surface area contributed by atoms with E-state index in [0.29, 0.717) is 16.7 Å². The molecule has 160 valence electrons. The number of primary amides is 1. The third kappa shape index (κ3) is 4.60. The van der Waals surface area contributed by atoms with E-state index in [9.17, 15) is 13.2 Å². The second-order valence-corrected chi connectivity index (χ2v) is 11.1. The highest BCUT2D eigenvalue weighted by molar-refractivity contribution is 7.99. The smallest absolute Gasteiger partial charge is 0.239 e. The van der Waals surface area contributed by atoms with Gasteiger partial charge in [-0.3, -0.25) is 4.79 Å². The molecule has 2 N–H and O–H groups in total. The minimum atomic E-state index is -3.94. The lowest BCUT2D eigenvalue weighted by atomic mass is 9.98. The van der Waals surface area contributed by atoms with E-state index in [0.717, 1.165) is 4.90 Å². The maximum Gasteiger partial charge on any atom is 0.239 e. The van der Waals surface area contributed by atoms with Crippen LogP contribution in [-0.4, -0.2) is 37.5 Å². The Kier molecular flexibility index (Phi) is 6.55. The Morgan fingerprint density at radius 3 is 2.07 bits per heavy atom. The quantitative estimate of drug-likeness (QED) is 0.647. The lowest BCUT2D eigenvalue weighted by Gasteiger charge is -2.33. The average Bonchev–Trinajstić information content (AvgIpc) is 2.70. The van der Waals surface area contributed by atoms with Crippen LogP contribution in [0, 0.1) is 0 Å². The number of ether oxygens (including phenoxy) is 2. The minimum absolute atomic E-state index is 0. The summed E-state index contributed by atoms with van der Waals surface area (Å²) in [7, 11) is -3.94. The summed E-state index contributed by atoms with van der Waals surface area (Å²) in [6.07, 6.45) is 0.118. The molecule has 1 aliphatic heterocycles. The molecule has 0 bridgehead atoms. The molecule has 0 saturated carbocycles. The van der Waals surface area contributed by atoms with E-state index < -0.39 is 20.5 Å². The van der Waals surface area contributed by atoms with Crippen LogP contribution in [0.15, 0.2) is 58.3 Å². The Morgan fingerprint density at radius 1 is 1.07 bits per heavy atom. The summed E-state index contributed by atoms with van der Waals surface area (Å²) in [5, 5.41) is 0.496. The first-order valence-electron chi connectivity index (χ1n) is 9.41. The molecule has 0 aliphatic carbocycles. The van der Waals surface area contributed by atoms with E-state index >= 15 is 0 Å². The van der Waals surface area contributed by atoms with Crippen LogP contribution in [0.25, 0.3) is 0 Å². The average molecular weight is 440 g/mol. The van der Waals surface area contributed by atoms with Crippen molar-refractivity contribution in [1.82, 2.24) is 0 Å². The van der Waals surface area contributed by atoms with Crippen LogP contribution in [0.2, 0.25) is 0 Å². The number of carbonyl (C=O) groups is 1. The van der Waals surface area contributed by atoms with E-state index in [2.05, 4.69) is 13.8 Å². The Balaban J connectivity index is 0.00000240. The van der Waals surface area contributed by atoms with Crippen LogP contribution in [0.4, 0.5) is 0 Å². The second-order valence-electron chi connectivity index (χ2n) is 7.19. The van der Waals surface area contributed by atoms with Crippen molar-refractivity contribution in [2.24, 2.45) is 5.73 Å². The molecule has 29 heavy (non-hydrogen) atoms. The van der Waals surface area contributed by atoms with Crippen molar-refractivity contribution in [2.75, 3.05) is 13.2 Å². The zero-order valence-electron chi connectivity index (χ0n) is 16.5. The van der Waals surface area contributed by atoms with E-state index in [1.54, 1.807) is 23.9 Å². The van der Waals surface area contributed by atoms with Gasteiger partial charge in [-0.15, -0.1) is 11.8 Å². The molecule has 2 aromatic carbocycles. The van der Waals surface area contributed by atoms with Crippen molar-refractivity contribution in [2.45, 2.75) is 46.5 Å². The molecule has 2 aromatic rings. The predicted molar refractivity (Wildman–Crippen MR) is 117 cm³/mol. The Hall–Kier alpha value is -2.03. The summed E-state index contributed by atoms with van der Waals surface area (Å²) in [4.78, 5) is 13.3. The first-order valence-corrected chi connectivity index (χ1v) is 11.8. The molecule has 0 radical (unpaired) electrons. The van der Waals surface area contributed by atoms with Crippen LogP contribution in [0.5, 0.6) is 11.5 Å². The van der Waals surface area contributed by atoms with Gasteiger partial charge >= 0.3 is 0 Å². The standard InChI is InChI=1S/C21H25NO5S2.2H2/c1-15(2)28-18-7-3-16(4-8-18)27-17-5-9-19(10-6-17)29(24,25)21(20(22)23)11-13-26-14-12-21;;/h3-10,15H,11-14H2,1-2H3,(H2,22,23);2*1H. The van der Waals surface area contributed by atoms with Gasteiger partial charge in [-0.05, 0) is 61.4 Å². The molecular formula is C21H29NO5S2. The number of benzene rings is 2. The largest absolute Gasteiger partial charge is 0.457 e. The summed E-state index contributed by atoms with van der Waals surface area (Å²) in [6.45, 7) is 4.64. The topological polar surface area (TPSA) is 95.7 Å². The van der Waals surface area contributed by atoms with Crippen LogP contribution in [0.3, 0.4) is 0 Å². The van der Waals surface area contributed by atoms with Gasteiger partial charge in [0.25, 0.3) is 0 Å². The number of hydrogen-bond acceptors (Lipinski definition) is 6. The highest BCUT2D eigenvalue weighted by atomic mass is 32.2. The van der Waals surface area contributed by atoms with Crippen LogP contribution in [-0.2, 0) is 19.4 Å². The maximum atomic E-state index is 13.1. The third-order valence-corrected chi connectivity index (χ3v) is 8.38. The van der Waals surface area contributed by atoms with Crippen LogP contribution >= 0.6 is 11.8 Å². The van der Waals surface area contributed by atoms with Crippen molar-refractivity contribution >= 4 is 27.5 Å². The molecule has 1 heterocycles. The van der Waals surface area contributed by atoms with E-state index in [1.165, 1.54) is 12.1 Å².